The molecule has 1 unspecified atom stereocenters. The second-order valence-electron chi connectivity index (χ2n) is 3.67. The zero-order valence-corrected chi connectivity index (χ0v) is 9.52. The van der Waals surface area contributed by atoms with Crippen LogP contribution < -0.4 is 0 Å². The minimum Gasteiger partial charge on any atom is -0.388 e. The number of carbonyl (C=O) groups excluding carboxylic acids is 1. The summed E-state index contributed by atoms with van der Waals surface area (Å²) in [5.74, 6) is -2.65. The van der Waals surface area contributed by atoms with E-state index in [4.69, 9.17) is 0 Å². The number of hydrogen-bond donors (Lipinski definition) is 0. The number of nitrogens with zero attached hydrogens (tertiary/aromatic N) is 1. The van der Waals surface area contributed by atoms with E-state index in [2.05, 4.69) is 9.99 Å². The van der Waals surface area contributed by atoms with Crippen molar-refractivity contribution in [3.05, 3.63) is 12.2 Å². The van der Waals surface area contributed by atoms with Gasteiger partial charge in [0.2, 0.25) is 0 Å². The van der Waals surface area contributed by atoms with E-state index in [0.717, 1.165) is 6.08 Å². The Morgan fingerprint density at radius 1 is 1.47 bits per heavy atom. The van der Waals surface area contributed by atoms with Crippen molar-refractivity contribution in [2.45, 2.75) is 19.4 Å². The van der Waals surface area contributed by atoms with Crippen LogP contribution in [-0.4, -0.2) is 23.4 Å². The molecule has 3 nitrogen and oxygen atoms in total. The summed E-state index contributed by atoms with van der Waals surface area (Å²) in [6, 6.07) is 0. The average Bonchev–Trinajstić information content (AvgIpc) is 2.47. The summed E-state index contributed by atoms with van der Waals surface area (Å²) in [6.07, 6.45) is 0.225. The Hall–Kier alpha value is -1.12. The molecule has 1 heterocycles. The van der Waals surface area contributed by atoms with E-state index < -0.39 is 22.1 Å². The van der Waals surface area contributed by atoms with Gasteiger partial charge in [-0.1, -0.05) is 30.7 Å². The molecule has 0 aromatic heterocycles. The lowest BCUT2D eigenvalue weighted by atomic mass is 10.1. The molecule has 0 saturated carbocycles. The van der Waals surface area contributed by atoms with Crippen molar-refractivity contribution in [3.63, 3.8) is 0 Å². The van der Waals surface area contributed by atoms with Crippen molar-refractivity contribution in [1.82, 2.24) is 0 Å². The van der Waals surface area contributed by atoms with E-state index in [1.165, 1.54) is 6.92 Å². The number of carbonyl (C=O) groups is 1. The first-order valence-corrected chi connectivity index (χ1v) is 6.61. The Morgan fingerprint density at radius 2 is 2.06 bits per heavy atom. The molecule has 0 spiro atoms. The van der Waals surface area contributed by atoms with Crippen LogP contribution in [0, 0.1) is 0 Å². The molecule has 0 saturated heterocycles. The molecule has 0 amide bonds. The van der Waals surface area contributed by atoms with Gasteiger partial charge in [-0.15, -0.1) is 0 Å². The van der Waals surface area contributed by atoms with Gasteiger partial charge in [-0.3, -0.25) is 4.79 Å². The smallest absolute Gasteiger partial charge is 0.288 e. The first kappa shape index (κ1) is 13.9. The van der Waals surface area contributed by atoms with Crippen molar-refractivity contribution in [3.8, 4) is 0 Å². The molecule has 0 bridgehead atoms. The number of hydrogen-bond acceptors (Lipinski definition) is 3. The van der Waals surface area contributed by atoms with E-state index in [1.807, 2.05) is 0 Å². The van der Waals surface area contributed by atoms with Crippen LogP contribution in [0.5, 0.6) is 0 Å². The third kappa shape index (κ3) is 5.66. The Kier molecular flexibility index (Phi) is 2.82. The molecule has 0 aromatic carbocycles. The van der Waals surface area contributed by atoms with E-state index in [0.29, 0.717) is 6.08 Å². The van der Waals surface area contributed by atoms with Crippen molar-refractivity contribution in [2.75, 3.05) is 5.75 Å². The normalized spacial score (nSPS) is 25.1. The lowest BCUT2D eigenvalue weighted by Crippen LogP contribution is -2.12. The third-order valence-electron chi connectivity index (χ3n) is 1.86. The summed E-state index contributed by atoms with van der Waals surface area (Å²) in [7, 11) is -9.40. The maximum Gasteiger partial charge on any atom is 0.288 e. The first-order chi connectivity index (χ1) is 7.36. The molecule has 100 valence electrons. The standard InChI is InChI=1S/C8H10F5NO2S/c1-6(15)8-5-7(16-14-8)3-2-4-17(9,10,11,12)13/h2-3,7H,4-5H2,1H3/b3-2+. The van der Waals surface area contributed by atoms with Crippen LogP contribution >= 0.6 is 10.2 Å². The fourth-order valence-corrected chi connectivity index (χ4v) is 1.57. The predicted molar refractivity (Wildman–Crippen MR) is 54.7 cm³/mol. The summed E-state index contributed by atoms with van der Waals surface area (Å²) in [6.45, 7) is 1.23. The lowest BCUT2D eigenvalue weighted by molar-refractivity contribution is -0.111. The molecule has 1 rings (SSSR count). The van der Waals surface area contributed by atoms with E-state index in [-0.39, 0.29) is 17.9 Å². The van der Waals surface area contributed by atoms with Gasteiger partial charge in [0, 0.05) is 13.3 Å². The molecule has 1 aliphatic heterocycles. The van der Waals surface area contributed by atoms with Crippen LogP contribution in [-0.2, 0) is 9.63 Å². The van der Waals surface area contributed by atoms with Crippen LogP contribution in [0.25, 0.3) is 0 Å². The van der Waals surface area contributed by atoms with Crippen molar-refractivity contribution < 1.29 is 29.1 Å². The second kappa shape index (κ2) is 3.44. The summed E-state index contributed by atoms with van der Waals surface area (Å²) >= 11 is 0. The van der Waals surface area contributed by atoms with Crippen LogP contribution in [0.2, 0.25) is 0 Å². The quantitative estimate of drug-likeness (QED) is 0.583. The van der Waals surface area contributed by atoms with Gasteiger partial charge in [-0.2, -0.15) is 0 Å². The summed E-state index contributed by atoms with van der Waals surface area (Å²) in [5, 5.41) is 3.32. The average molecular weight is 279 g/mol. The Labute approximate surface area is 94.0 Å². The van der Waals surface area contributed by atoms with Gasteiger partial charge >= 0.3 is 0 Å². The fourth-order valence-electron chi connectivity index (χ4n) is 1.10. The van der Waals surface area contributed by atoms with E-state index in [9.17, 15) is 24.2 Å². The summed E-state index contributed by atoms with van der Waals surface area (Å²) in [5.41, 5.74) is 0.0759. The van der Waals surface area contributed by atoms with Crippen molar-refractivity contribution >= 4 is 21.7 Å². The van der Waals surface area contributed by atoms with Gasteiger partial charge in [0.05, 0.1) is 0 Å². The van der Waals surface area contributed by atoms with Gasteiger partial charge in [-0.05, 0) is 6.08 Å². The highest BCUT2D eigenvalue weighted by Gasteiger charge is 2.62. The minimum atomic E-state index is -9.40. The topological polar surface area (TPSA) is 38.7 Å². The monoisotopic (exact) mass is 279 g/mol. The van der Waals surface area contributed by atoms with E-state index in [1.54, 1.807) is 0 Å². The predicted octanol–water partition coefficient (Wildman–Crippen LogP) is 3.58. The SMILES string of the molecule is CC(=O)C1=NOC(/C=C/CS(F)(F)(F)(F)F)C1. The molecule has 1 atom stereocenters. The summed E-state index contributed by atoms with van der Waals surface area (Å²) < 4.78 is 59.6. The third-order valence-corrected chi connectivity index (χ3v) is 2.68. The molecule has 0 aliphatic carbocycles. The second-order valence-corrected chi connectivity index (χ2v) is 6.26. The van der Waals surface area contributed by atoms with Crippen LogP contribution in [0.3, 0.4) is 0 Å². The minimum absolute atomic E-state index is 0.00779. The molecular formula is C8H10F5NO2S. The highest BCUT2D eigenvalue weighted by Crippen LogP contribution is 2.97. The molecule has 9 heteroatoms. The molecule has 0 fully saturated rings. The van der Waals surface area contributed by atoms with Gasteiger partial charge in [0.25, 0.3) is 10.2 Å². The number of ketones is 1. The molecule has 1 aliphatic rings. The fraction of sp³-hybridized carbons (Fsp3) is 0.500. The van der Waals surface area contributed by atoms with Crippen molar-refractivity contribution in [1.29, 1.82) is 0 Å². The zero-order valence-electron chi connectivity index (χ0n) is 8.71. The van der Waals surface area contributed by atoms with Crippen LogP contribution in [0.15, 0.2) is 17.3 Å². The first-order valence-electron chi connectivity index (χ1n) is 4.49. The van der Waals surface area contributed by atoms with Gasteiger partial charge < -0.3 is 4.84 Å². The van der Waals surface area contributed by atoms with Crippen LogP contribution in [0.1, 0.15) is 13.3 Å². The highest BCUT2D eigenvalue weighted by molar-refractivity contribution is 8.45. The molecule has 0 radical (unpaired) electrons. The van der Waals surface area contributed by atoms with E-state index >= 15 is 0 Å². The maximum atomic E-state index is 11.9. The number of rotatable bonds is 4. The molecule has 17 heavy (non-hydrogen) atoms. The van der Waals surface area contributed by atoms with Crippen molar-refractivity contribution in [2.24, 2.45) is 5.16 Å². The number of oxime groups is 1. The van der Waals surface area contributed by atoms with Gasteiger partial charge in [-0.25, -0.2) is 0 Å². The number of halogens is 5. The number of Topliss-reactive ketones (excluding diaryl/α,β-unsaturated/α-hetero) is 1. The summed E-state index contributed by atoms with van der Waals surface area (Å²) in [4.78, 5) is 15.4. The Balaban J connectivity index is 2.53. The highest BCUT2D eigenvalue weighted by atomic mass is 32.5. The Bertz CT molecular complexity index is 399. The Morgan fingerprint density at radius 3 is 2.47 bits per heavy atom. The zero-order chi connectivity index (χ0) is 13.4. The van der Waals surface area contributed by atoms with Gasteiger partial charge in [0.1, 0.15) is 11.5 Å². The van der Waals surface area contributed by atoms with Crippen LogP contribution in [0.4, 0.5) is 19.4 Å². The molecule has 0 aromatic rings. The molecule has 0 N–H and O–H groups in total. The maximum absolute atomic E-state index is 11.9. The largest absolute Gasteiger partial charge is 0.388 e. The van der Waals surface area contributed by atoms with Gasteiger partial charge in [0.15, 0.2) is 11.9 Å². The lowest BCUT2D eigenvalue weighted by Gasteiger charge is -2.39. The molecular weight excluding hydrogens is 269 g/mol.